The van der Waals surface area contributed by atoms with E-state index in [-0.39, 0.29) is 12.4 Å². The summed E-state index contributed by atoms with van der Waals surface area (Å²) in [5.74, 6) is -1.04. The summed E-state index contributed by atoms with van der Waals surface area (Å²) in [6, 6.07) is 11.0. The third kappa shape index (κ3) is 3.06. The van der Waals surface area contributed by atoms with Gasteiger partial charge in [0, 0.05) is 6.07 Å². The van der Waals surface area contributed by atoms with Crippen molar-refractivity contribution < 1.29 is 19.7 Å². The van der Waals surface area contributed by atoms with E-state index in [2.05, 4.69) is 0 Å². The smallest absolute Gasteiger partial charge is 0.391 e. The Balaban J connectivity index is 2.31. The molecule has 2 rings (SSSR count). The minimum absolute atomic E-state index is 0.0728. The fraction of sp³-hybridized carbons (Fsp3) is 0.0769. The van der Waals surface area contributed by atoms with Crippen LogP contribution in [0.25, 0.3) is 0 Å². The Kier molecular flexibility index (Phi) is 3.98. The van der Waals surface area contributed by atoms with Crippen molar-refractivity contribution in [2.45, 2.75) is 6.61 Å². The highest BCUT2D eigenvalue weighted by molar-refractivity contribution is 5.66. The van der Waals surface area contributed by atoms with Crippen molar-refractivity contribution in [1.82, 2.24) is 0 Å². The first-order chi connectivity index (χ1) is 10.0. The Morgan fingerprint density at radius 1 is 1.00 bits per heavy atom. The maximum absolute atomic E-state index is 10.9. The molecule has 1 N–H and O–H groups in total. The number of nitrogens with zero attached hydrogens (tertiary/aromatic N) is 2. The fourth-order valence-corrected chi connectivity index (χ4v) is 1.73. The van der Waals surface area contributed by atoms with Gasteiger partial charge >= 0.3 is 11.4 Å². The van der Waals surface area contributed by atoms with Crippen LogP contribution in [-0.4, -0.2) is 15.0 Å². The van der Waals surface area contributed by atoms with Crippen molar-refractivity contribution in [3.05, 3.63) is 68.3 Å². The predicted molar refractivity (Wildman–Crippen MR) is 72.2 cm³/mol. The molecule has 2 aromatic carbocycles. The highest BCUT2D eigenvalue weighted by Crippen LogP contribution is 2.42. The van der Waals surface area contributed by atoms with E-state index in [1.807, 2.05) is 6.07 Å². The summed E-state index contributed by atoms with van der Waals surface area (Å²) in [5, 5.41) is 31.4. The predicted octanol–water partition coefficient (Wildman–Crippen LogP) is 2.79. The minimum atomic E-state index is -1.01. The molecule has 0 spiro atoms. The number of hydrogen-bond acceptors (Lipinski definition) is 6. The van der Waals surface area contributed by atoms with Gasteiger partial charge in [-0.05, 0) is 11.6 Å². The average molecular weight is 290 g/mol. The molecule has 108 valence electrons. The van der Waals surface area contributed by atoms with Crippen LogP contribution in [-0.2, 0) is 6.61 Å². The van der Waals surface area contributed by atoms with E-state index >= 15 is 0 Å². The number of rotatable bonds is 5. The van der Waals surface area contributed by atoms with Crippen molar-refractivity contribution in [1.29, 1.82) is 0 Å². The average Bonchev–Trinajstić information content (AvgIpc) is 2.46. The second-order valence-electron chi connectivity index (χ2n) is 4.07. The van der Waals surface area contributed by atoms with Crippen LogP contribution < -0.4 is 4.74 Å². The van der Waals surface area contributed by atoms with E-state index in [0.717, 1.165) is 17.7 Å². The summed E-state index contributed by atoms with van der Waals surface area (Å²) in [4.78, 5) is 19.6. The van der Waals surface area contributed by atoms with Gasteiger partial charge in [-0.2, -0.15) is 0 Å². The van der Waals surface area contributed by atoms with Gasteiger partial charge in [0.1, 0.15) is 6.61 Å². The van der Waals surface area contributed by atoms with E-state index < -0.39 is 27.0 Å². The van der Waals surface area contributed by atoms with Gasteiger partial charge in [0.25, 0.3) is 0 Å². The number of phenolic OH excluding ortho intramolecular Hbond substituents is 1. The largest absolute Gasteiger partial charge is 0.499 e. The van der Waals surface area contributed by atoms with Crippen molar-refractivity contribution in [3.8, 4) is 11.5 Å². The first kappa shape index (κ1) is 14.3. The molecular formula is C13H10N2O6. The number of benzene rings is 2. The third-order valence-corrected chi connectivity index (χ3v) is 2.71. The molecule has 0 aliphatic carbocycles. The Hall–Kier alpha value is -3.16. The van der Waals surface area contributed by atoms with Crippen molar-refractivity contribution in [2.75, 3.05) is 0 Å². The summed E-state index contributed by atoms with van der Waals surface area (Å²) in [6.45, 7) is 0.0728. The van der Waals surface area contributed by atoms with Crippen LogP contribution in [0.2, 0.25) is 0 Å². The molecule has 0 amide bonds. The molecule has 0 radical (unpaired) electrons. The molecule has 0 fully saturated rings. The molecule has 0 saturated heterocycles. The molecule has 2 aromatic rings. The summed E-state index contributed by atoms with van der Waals surface area (Å²) in [7, 11) is 0. The lowest BCUT2D eigenvalue weighted by atomic mass is 10.2. The molecule has 0 aliphatic heterocycles. The zero-order chi connectivity index (χ0) is 15.4. The van der Waals surface area contributed by atoms with Crippen LogP contribution in [0.15, 0.2) is 42.5 Å². The van der Waals surface area contributed by atoms with Crippen molar-refractivity contribution in [2.24, 2.45) is 0 Å². The number of phenols is 1. The maximum Gasteiger partial charge on any atom is 0.391 e. The van der Waals surface area contributed by atoms with Crippen LogP contribution >= 0.6 is 0 Å². The van der Waals surface area contributed by atoms with Gasteiger partial charge in [-0.3, -0.25) is 20.2 Å². The highest BCUT2D eigenvalue weighted by atomic mass is 16.6. The van der Waals surface area contributed by atoms with Crippen LogP contribution in [0.4, 0.5) is 11.4 Å². The van der Waals surface area contributed by atoms with Crippen LogP contribution in [0.3, 0.4) is 0 Å². The molecule has 21 heavy (non-hydrogen) atoms. The van der Waals surface area contributed by atoms with Gasteiger partial charge in [0.2, 0.25) is 5.75 Å². The number of aromatic hydroxyl groups is 1. The van der Waals surface area contributed by atoms with Crippen LogP contribution in [0.1, 0.15) is 5.56 Å². The fourth-order valence-electron chi connectivity index (χ4n) is 1.73. The van der Waals surface area contributed by atoms with Crippen LogP contribution in [0, 0.1) is 20.2 Å². The Labute approximate surface area is 118 Å². The molecule has 8 nitrogen and oxygen atoms in total. The lowest BCUT2D eigenvalue weighted by Gasteiger charge is -2.08. The third-order valence-electron chi connectivity index (χ3n) is 2.71. The van der Waals surface area contributed by atoms with Gasteiger partial charge in [0.15, 0.2) is 5.75 Å². The number of nitro benzene ring substituents is 2. The van der Waals surface area contributed by atoms with E-state index in [1.54, 1.807) is 24.3 Å². The molecule has 0 heterocycles. The number of ether oxygens (including phenoxy) is 1. The topological polar surface area (TPSA) is 116 Å². The molecule has 0 unspecified atom stereocenters. The Morgan fingerprint density at radius 2 is 1.67 bits per heavy atom. The van der Waals surface area contributed by atoms with Gasteiger partial charge in [-0.1, -0.05) is 30.3 Å². The van der Waals surface area contributed by atoms with Gasteiger partial charge in [0.05, 0.1) is 9.85 Å². The number of nitro groups is 2. The Morgan fingerprint density at radius 3 is 2.24 bits per heavy atom. The van der Waals surface area contributed by atoms with Crippen LogP contribution in [0.5, 0.6) is 11.5 Å². The summed E-state index contributed by atoms with van der Waals surface area (Å²) in [6.07, 6.45) is 0. The number of hydrogen-bond donors (Lipinski definition) is 1. The second kappa shape index (κ2) is 5.87. The van der Waals surface area contributed by atoms with E-state index in [0.29, 0.717) is 0 Å². The summed E-state index contributed by atoms with van der Waals surface area (Å²) >= 11 is 0. The first-order valence-corrected chi connectivity index (χ1v) is 5.82. The monoisotopic (exact) mass is 290 g/mol. The molecular weight excluding hydrogens is 280 g/mol. The van der Waals surface area contributed by atoms with E-state index in [1.165, 1.54) is 0 Å². The molecule has 8 heteroatoms. The Bertz CT molecular complexity index is 687. The van der Waals surface area contributed by atoms with Crippen molar-refractivity contribution >= 4 is 11.4 Å². The lowest BCUT2D eigenvalue weighted by molar-refractivity contribution is -0.423. The summed E-state index contributed by atoms with van der Waals surface area (Å²) < 4.78 is 5.27. The highest BCUT2D eigenvalue weighted by Gasteiger charge is 2.31. The minimum Gasteiger partial charge on any atom is -0.499 e. The second-order valence-corrected chi connectivity index (χ2v) is 4.07. The molecule has 0 saturated carbocycles. The summed E-state index contributed by atoms with van der Waals surface area (Å²) in [5.41, 5.74) is -0.979. The lowest BCUT2D eigenvalue weighted by Crippen LogP contribution is -2.00. The van der Waals surface area contributed by atoms with E-state index in [4.69, 9.17) is 4.74 Å². The zero-order valence-corrected chi connectivity index (χ0v) is 10.6. The van der Waals surface area contributed by atoms with Gasteiger partial charge in [-0.25, -0.2) is 0 Å². The van der Waals surface area contributed by atoms with Gasteiger partial charge < -0.3 is 9.84 Å². The van der Waals surface area contributed by atoms with Gasteiger partial charge in [-0.15, -0.1) is 0 Å². The first-order valence-electron chi connectivity index (χ1n) is 5.82. The maximum atomic E-state index is 10.9. The van der Waals surface area contributed by atoms with E-state index in [9.17, 15) is 25.3 Å². The quantitative estimate of drug-likeness (QED) is 0.668. The normalized spacial score (nSPS) is 10.1. The molecule has 0 atom stereocenters. The molecule has 0 aliphatic rings. The molecule has 0 bridgehead atoms. The standard InChI is InChI=1S/C13H10N2O6/c16-13-11(21-8-9-4-2-1-3-5-9)7-6-10(14(17)18)12(13)15(19)20/h1-7,16H,8H2. The molecule has 0 aromatic heterocycles. The van der Waals surface area contributed by atoms with Crippen molar-refractivity contribution in [3.63, 3.8) is 0 Å². The SMILES string of the molecule is O=[N+]([O-])c1ccc(OCc2ccccc2)c(O)c1[N+](=O)[O-]. The zero-order valence-electron chi connectivity index (χ0n) is 10.6.